The lowest BCUT2D eigenvalue weighted by Gasteiger charge is -2.34. The second-order valence-electron chi connectivity index (χ2n) is 8.39. The van der Waals surface area contributed by atoms with Gasteiger partial charge in [-0.1, -0.05) is 47.6 Å². The van der Waals surface area contributed by atoms with Crippen molar-refractivity contribution in [1.82, 2.24) is 24.8 Å². The predicted octanol–water partition coefficient (Wildman–Crippen LogP) is 3.80. The quantitative estimate of drug-likeness (QED) is 0.415. The first-order valence-electron chi connectivity index (χ1n) is 11.3. The molecule has 35 heavy (non-hydrogen) atoms. The van der Waals surface area contributed by atoms with E-state index in [2.05, 4.69) is 31.0 Å². The number of carbonyl (C=O) groups excluding carboxylic acids is 2. The first kappa shape index (κ1) is 26.8. The molecule has 8 nitrogen and oxygen atoms in total. The highest BCUT2D eigenvalue weighted by Crippen LogP contribution is 2.19. The molecular weight excluding hydrogens is 534 g/mol. The number of carbonyl (C=O) groups is 2. The molecule has 1 aliphatic rings. The topological polar surface area (TPSA) is 82.8 Å². The normalized spacial score (nSPS) is 13.8. The fourth-order valence-corrected chi connectivity index (χ4v) is 4.37. The number of nitrogens with zero attached hydrogens (tertiary/aromatic N) is 5. The van der Waals surface area contributed by atoms with E-state index in [1.807, 2.05) is 59.5 Å². The highest BCUT2D eigenvalue weighted by atomic mass is 79.9. The van der Waals surface area contributed by atoms with Gasteiger partial charge in [0, 0.05) is 57.1 Å². The molecule has 0 spiro atoms. The standard InChI is InChI=1S/C25H28BrN5O3.ClH/c1-29(17-19-7-3-2-4-8-19)24(32)12-11-23-27-22(28-34-23)18-30-13-15-31(16-14-30)25(33)20-9-5-6-10-21(20)26;/h2-10H,11-18H2,1H3;1H. The number of aromatic nitrogens is 2. The summed E-state index contributed by atoms with van der Waals surface area (Å²) < 4.78 is 6.17. The third-order valence-corrected chi connectivity index (χ3v) is 6.57. The number of benzene rings is 2. The second-order valence-corrected chi connectivity index (χ2v) is 9.24. The summed E-state index contributed by atoms with van der Waals surface area (Å²) in [6.07, 6.45) is 0.736. The van der Waals surface area contributed by atoms with Crippen LogP contribution in [0.15, 0.2) is 63.6 Å². The Hall–Kier alpha value is -2.75. The van der Waals surface area contributed by atoms with Crippen LogP contribution in [0.5, 0.6) is 0 Å². The first-order valence-corrected chi connectivity index (χ1v) is 12.1. The molecule has 2 heterocycles. The lowest BCUT2D eigenvalue weighted by molar-refractivity contribution is -0.130. The van der Waals surface area contributed by atoms with E-state index in [9.17, 15) is 9.59 Å². The summed E-state index contributed by atoms with van der Waals surface area (Å²) in [7, 11) is 1.80. The van der Waals surface area contributed by atoms with Crippen LogP contribution in [-0.4, -0.2) is 69.9 Å². The Bertz CT molecular complexity index is 1120. The number of rotatable bonds is 8. The van der Waals surface area contributed by atoms with Crippen molar-refractivity contribution in [2.75, 3.05) is 33.2 Å². The zero-order chi connectivity index (χ0) is 23.9. The van der Waals surface area contributed by atoms with Crippen LogP contribution in [0.3, 0.4) is 0 Å². The third kappa shape index (κ3) is 7.37. The largest absolute Gasteiger partial charge is 0.341 e. The summed E-state index contributed by atoms with van der Waals surface area (Å²) in [5, 5.41) is 4.07. The minimum atomic E-state index is 0. The lowest BCUT2D eigenvalue weighted by atomic mass is 10.2. The Kier molecular flexibility index (Phi) is 9.83. The molecular formula is C25H29BrClN5O3. The number of aryl methyl sites for hydroxylation is 1. The van der Waals surface area contributed by atoms with Crippen LogP contribution >= 0.6 is 28.3 Å². The fraction of sp³-hybridized carbons (Fsp3) is 0.360. The Labute approximate surface area is 219 Å². The lowest BCUT2D eigenvalue weighted by Crippen LogP contribution is -2.48. The predicted molar refractivity (Wildman–Crippen MR) is 138 cm³/mol. The van der Waals surface area contributed by atoms with E-state index in [1.54, 1.807) is 11.9 Å². The third-order valence-electron chi connectivity index (χ3n) is 5.88. The number of hydrogen-bond acceptors (Lipinski definition) is 6. The van der Waals surface area contributed by atoms with Gasteiger partial charge in [0.05, 0.1) is 12.1 Å². The van der Waals surface area contributed by atoms with Crippen molar-refractivity contribution in [3.05, 3.63) is 81.9 Å². The van der Waals surface area contributed by atoms with Gasteiger partial charge >= 0.3 is 0 Å². The monoisotopic (exact) mass is 561 g/mol. The minimum absolute atomic E-state index is 0. The van der Waals surface area contributed by atoms with Gasteiger partial charge in [0.2, 0.25) is 11.8 Å². The van der Waals surface area contributed by atoms with Crippen LogP contribution in [0.1, 0.15) is 34.1 Å². The average molecular weight is 563 g/mol. The Morgan fingerprint density at radius 1 is 1.03 bits per heavy atom. The first-order chi connectivity index (χ1) is 16.5. The maximum absolute atomic E-state index is 12.8. The summed E-state index contributed by atoms with van der Waals surface area (Å²) in [5.41, 5.74) is 1.78. The van der Waals surface area contributed by atoms with Gasteiger partial charge in [0.25, 0.3) is 5.91 Å². The molecule has 10 heteroatoms. The summed E-state index contributed by atoms with van der Waals surface area (Å²) >= 11 is 3.46. The van der Waals surface area contributed by atoms with Crippen LogP contribution in [0.2, 0.25) is 0 Å². The van der Waals surface area contributed by atoms with Gasteiger partial charge in [-0.15, -0.1) is 12.4 Å². The van der Waals surface area contributed by atoms with Crippen LogP contribution in [-0.2, 0) is 24.3 Å². The van der Waals surface area contributed by atoms with Crippen molar-refractivity contribution in [1.29, 1.82) is 0 Å². The molecule has 0 radical (unpaired) electrons. The van der Waals surface area contributed by atoms with Gasteiger partial charge in [-0.25, -0.2) is 0 Å². The van der Waals surface area contributed by atoms with Crippen molar-refractivity contribution in [2.24, 2.45) is 0 Å². The van der Waals surface area contributed by atoms with Gasteiger partial charge in [-0.3, -0.25) is 14.5 Å². The molecule has 2 aromatic carbocycles. The molecule has 0 atom stereocenters. The minimum Gasteiger partial charge on any atom is -0.341 e. The molecule has 186 valence electrons. The molecule has 0 saturated carbocycles. The van der Waals surface area contributed by atoms with Crippen molar-refractivity contribution in [3.8, 4) is 0 Å². The SMILES string of the molecule is CN(Cc1ccccc1)C(=O)CCc1nc(CN2CCN(C(=O)c3ccccc3Br)CC2)no1.Cl. The molecule has 0 N–H and O–H groups in total. The molecule has 2 amide bonds. The fourth-order valence-electron chi connectivity index (χ4n) is 3.92. The smallest absolute Gasteiger partial charge is 0.255 e. The Morgan fingerprint density at radius 3 is 2.43 bits per heavy atom. The zero-order valence-corrected chi connectivity index (χ0v) is 22.0. The molecule has 1 fully saturated rings. The van der Waals surface area contributed by atoms with E-state index in [1.165, 1.54) is 0 Å². The van der Waals surface area contributed by atoms with Crippen LogP contribution in [0.25, 0.3) is 0 Å². The van der Waals surface area contributed by atoms with Gasteiger partial charge in [-0.2, -0.15) is 4.98 Å². The van der Waals surface area contributed by atoms with E-state index in [-0.39, 0.29) is 24.2 Å². The van der Waals surface area contributed by atoms with E-state index < -0.39 is 0 Å². The molecule has 1 aromatic heterocycles. The molecule has 0 aliphatic carbocycles. The van der Waals surface area contributed by atoms with Crippen LogP contribution in [0.4, 0.5) is 0 Å². The zero-order valence-electron chi connectivity index (χ0n) is 19.6. The molecule has 0 unspecified atom stereocenters. The maximum Gasteiger partial charge on any atom is 0.255 e. The van der Waals surface area contributed by atoms with Gasteiger partial charge in [0.1, 0.15) is 0 Å². The Balaban J connectivity index is 0.00000342. The van der Waals surface area contributed by atoms with E-state index in [4.69, 9.17) is 4.52 Å². The second kappa shape index (κ2) is 12.8. The number of piperazine rings is 1. The Morgan fingerprint density at radius 2 is 1.71 bits per heavy atom. The van der Waals surface area contributed by atoms with Crippen molar-refractivity contribution >= 4 is 40.2 Å². The van der Waals surface area contributed by atoms with E-state index in [0.29, 0.717) is 56.3 Å². The van der Waals surface area contributed by atoms with Crippen LogP contribution in [0, 0.1) is 0 Å². The van der Waals surface area contributed by atoms with Crippen molar-refractivity contribution in [3.63, 3.8) is 0 Å². The number of halogens is 2. The highest BCUT2D eigenvalue weighted by molar-refractivity contribution is 9.10. The molecule has 0 bridgehead atoms. The van der Waals surface area contributed by atoms with Crippen molar-refractivity contribution in [2.45, 2.75) is 25.9 Å². The molecule has 1 saturated heterocycles. The van der Waals surface area contributed by atoms with Crippen LogP contribution < -0.4 is 0 Å². The number of hydrogen-bond donors (Lipinski definition) is 0. The summed E-state index contributed by atoms with van der Waals surface area (Å²) in [6, 6.07) is 17.4. The molecule has 3 aromatic rings. The number of amides is 2. The van der Waals surface area contributed by atoms with E-state index in [0.717, 1.165) is 23.1 Å². The summed E-state index contributed by atoms with van der Waals surface area (Å²) in [5.74, 6) is 1.15. The maximum atomic E-state index is 12.8. The van der Waals surface area contributed by atoms with Gasteiger partial charge in [0.15, 0.2) is 5.82 Å². The van der Waals surface area contributed by atoms with Gasteiger partial charge in [-0.05, 0) is 33.6 Å². The van der Waals surface area contributed by atoms with E-state index >= 15 is 0 Å². The average Bonchev–Trinajstić information content (AvgIpc) is 3.30. The molecule has 1 aliphatic heterocycles. The summed E-state index contributed by atoms with van der Waals surface area (Å²) in [6.45, 7) is 3.90. The summed E-state index contributed by atoms with van der Waals surface area (Å²) in [4.78, 5) is 35.5. The highest BCUT2D eigenvalue weighted by Gasteiger charge is 2.24. The van der Waals surface area contributed by atoms with Crippen molar-refractivity contribution < 1.29 is 14.1 Å². The molecule has 4 rings (SSSR count). The van der Waals surface area contributed by atoms with Gasteiger partial charge < -0.3 is 14.3 Å².